The van der Waals surface area contributed by atoms with Gasteiger partial charge in [0.25, 0.3) is 0 Å². The molecule has 0 bridgehead atoms. The zero-order valence-corrected chi connectivity index (χ0v) is 20.8. The Kier molecular flexibility index (Phi) is 6.87. The van der Waals surface area contributed by atoms with E-state index >= 15 is 0 Å². The Morgan fingerprint density at radius 1 is 1.09 bits per heavy atom. The normalized spacial score (nSPS) is 19.3. The van der Waals surface area contributed by atoms with Gasteiger partial charge in [-0.15, -0.1) is 0 Å². The van der Waals surface area contributed by atoms with Crippen molar-refractivity contribution in [2.45, 2.75) is 57.8 Å². The average molecular weight is 510 g/mol. The fourth-order valence-electron chi connectivity index (χ4n) is 5.05. The molecule has 2 aromatic rings. The first kappa shape index (κ1) is 25.5. The summed E-state index contributed by atoms with van der Waals surface area (Å²) in [6.45, 7) is 4.15. The van der Waals surface area contributed by atoms with Crippen LogP contribution in [0.1, 0.15) is 46.8 Å². The van der Waals surface area contributed by atoms with E-state index in [0.717, 1.165) is 19.9 Å². The third-order valence-electron chi connectivity index (χ3n) is 7.13. The maximum atomic E-state index is 14.0. The highest BCUT2D eigenvalue weighted by Gasteiger charge is 2.47. The molecule has 0 unspecified atom stereocenters. The van der Waals surface area contributed by atoms with Crippen LogP contribution in [-0.4, -0.2) is 55.0 Å². The molecule has 2 heterocycles. The highest BCUT2D eigenvalue weighted by Crippen LogP contribution is 2.38. The van der Waals surface area contributed by atoms with Crippen molar-refractivity contribution in [3.8, 4) is 0 Å². The number of nitrogens with one attached hydrogen (secondary N) is 1. The van der Waals surface area contributed by atoms with Crippen LogP contribution < -0.4 is 5.32 Å². The van der Waals surface area contributed by atoms with Crippen LogP contribution in [0.25, 0.3) is 0 Å². The van der Waals surface area contributed by atoms with Crippen LogP contribution in [0.4, 0.5) is 18.9 Å². The Labute approximate surface area is 203 Å². The van der Waals surface area contributed by atoms with E-state index in [4.69, 9.17) is 0 Å². The Balaban J connectivity index is 1.46. The predicted molar refractivity (Wildman–Crippen MR) is 128 cm³/mol. The molecule has 1 fully saturated rings. The van der Waals surface area contributed by atoms with Crippen molar-refractivity contribution < 1.29 is 26.4 Å². The molecule has 190 valence electrons. The zero-order chi connectivity index (χ0) is 25.5. The molecule has 1 aliphatic carbocycles. The van der Waals surface area contributed by atoms with Gasteiger partial charge in [-0.1, -0.05) is 12.1 Å². The fraction of sp³-hybridized carbons (Fsp3) is 0.520. The second-order valence-corrected chi connectivity index (χ2v) is 12.0. The van der Waals surface area contributed by atoms with E-state index in [-0.39, 0.29) is 36.1 Å². The fourth-order valence-corrected chi connectivity index (χ4v) is 6.54. The third-order valence-corrected chi connectivity index (χ3v) is 8.85. The molecule has 6 nitrogen and oxygen atoms in total. The molecule has 1 saturated heterocycles. The highest BCUT2D eigenvalue weighted by atomic mass is 32.2. The number of aromatic nitrogens is 1. The molecule has 2 aliphatic rings. The molecular weight excluding hydrogens is 479 g/mol. The summed E-state index contributed by atoms with van der Waals surface area (Å²) >= 11 is 0. The number of hydrogen-bond acceptors (Lipinski definition) is 5. The Morgan fingerprint density at radius 2 is 1.66 bits per heavy atom. The number of anilines is 1. The van der Waals surface area contributed by atoms with Gasteiger partial charge in [0, 0.05) is 19.0 Å². The first-order valence-electron chi connectivity index (χ1n) is 11.7. The van der Waals surface area contributed by atoms with Crippen molar-refractivity contribution in [1.29, 1.82) is 0 Å². The Morgan fingerprint density at radius 3 is 2.14 bits per heavy atom. The molecule has 1 amide bonds. The number of aryl methyl sites for hydroxylation is 2. The summed E-state index contributed by atoms with van der Waals surface area (Å²) in [7, 11) is -2.12. The van der Waals surface area contributed by atoms with Gasteiger partial charge in [0.2, 0.25) is 5.91 Å². The van der Waals surface area contributed by atoms with Crippen LogP contribution in [0.3, 0.4) is 0 Å². The standard InChI is InChI=1S/C25H30F3N3O3S/c1-15-10-18-12-21(13-19(18)11-16(15)2)30-20-4-5-22(29-14-20)23(25(26,27)28)31(3)24(32)17-6-8-35(33,34)9-7-17/h4-5,10-11,14,17,21,23,30H,6-9,12-13H2,1-3H3/t23-/m0/s1. The van der Waals surface area contributed by atoms with E-state index in [0.29, 0.717) is 10.6 Å². The highest BCUT2D eigenvalue weighted by molar-refractivity contribution is 7.91. The maximum Gasteiger partial charge on any atom is 0.414 e. The maximum absolute atomic E-state index is 14.0. The Bertz CT molecular complexity index is 1170. The van der Waals surface area contributed by atoms with Gasteiger partial charge in [-0.3, -0.25) is 9.78 Å². The molecule has 0 saturated carbocycles. The number of sulfone groups is 1. The molecule has 1 atom stereocenters. The van der Waals surface area contributed by atoms with Crippen LogP contribution in [0.5, 0.6) is 0 Å². The van der Waals surface area contributed by atoms with Crippen LogP contribution in [-0.2, 0) is 27.5 Å². The molecule has 1 aliphatic heterocycles. The monoisotopic (exact) mass is 509 g/mol. The summed E-state index contributed by atoms with van der Waals surface area (Å²) in [5.74, 6) is -1.82. The number of amides is 1. The Hall–Kier alpha value is -2.62. The van der Waals surface area contributed by atoms with Gasteiger partial charge in [0.1, 0.15) is 9.84 Å². The van der Waals surface area contributed by atoms with Crippen molar-refractivity contribution in [2.24, 2.45) is 5.92 Å². The van der Waals surface area contributed by atoms with Gasteiger partial charge in [-0.25, -0.2) is 8.42 Å². The van der Waals surface area contributed by atoms with Crippen molar-refractivity contribution in [2.75, 3.05) is 23.9 Å². The second kappa shape index (κ2) is 9.44. The minimum Gasteiger partial charge on any atom is -0.380 e. The quantitative estimate of drug-likeness (QED) is 0.655. The van der Waals surface area contributed by atoms with Gasteiger partial charge in [-0.2, -0.15) is 13.2 Å². The van der Waals surface area contributed by atoms with E-state index in [1.807, 2.05) is 0 Å². The summed E-state index contributed by atoms with van der Waals surface area (Å²) in [5, 5.41) is 3.36. The first-order valence-corrected chi connectivity index (χ1v) is 13.5. The minimum absolute atomic E-state index is 0.0369. The smallest absolute Gasteiger partial charge is 0.380 e. The molecule has 0 radical (unpaired) electrons. The SMILES string of the molecule is Cc1cc2c(cc1C)CC(Nc1ccc([C@H](N(C)C(=O)C3CCS(=O)(=O)CC3)C(F)(F)F)nc1)C2. The average Bonchev–Trinajstić information content (AvgIpc) is 3.14. The van der Waals surface area contributed by atoms with E-state index in [2.05, 4.69) is 36.3 Å². The van der Waals surface area contributed by atoms with Gasteiger partial charge >= 0.3 is 6.18 Å². The lowest BCUT2D eigenvalue weighted by atomic mass is 9.99. The lowest BCUT2D eigenvalue weighted by molar-refractivity contribution is -0.191. The zero-order valence-electron chi connectivity index (χ0n) is 20.0. The third kappa shape index (κ3) is 5.63. The van der Waals surface area contributed by atoms with Crippen molar-refractivity contribution >= 4 is 21.4 Å². The van der Waals surface area contributed by atoms with Crippen molar-refractivity contribution in [1.82, 2.24) is 9.88 Å². The van der Waals surface area contributed by atoms with E-state index in [1.54, 1.807) is 6.07 Å². The molecule has 10 heteroatoms. The number of carbonyl (C=O) groups is 1. The summed E-state index contributed by atoms with van der Waals surface area (Å²) in [6.07, 6.45) is -1.62. The summed E-state index contributed by atoms with van der Waals surface area (Å²) in [4.78, 5) is 17.5. The van der Waals surface area contributed by atoms with Crippen LogP contribution >= 0.6 is 0 Å². The van der Waals surface area contributed by atoms with Gasteiger partial charge in [0.15, 0.2) is 6.04 Å². The summed E-state index contributed by atoms with van der Waals surface area (Å²) in [6, 6.07) is 5.16. The number of carbonyl (C=O) groups excluding carboxylic acids is 1. The van der Waals surface area contributed by atoms with E-state index in [1.165, 1.54) is 34.5 Å². The second-order valence-electron chi connectivity index (χ2n) is 9.75. The summed E-state index contributed by atoms with van der Waals surface area (Å²) < 4.78 is 65.3. The van der Waals surface area contributed by atoms with Gasteiger partial charge in [0.05, 0.1) is 29.1 Å². The number of nitrogens with zero attached hydrogens (tertiary/aromatic N) is 2. The van der Waals surface area contributed by atoms with Crippen molar-refractivity contribution in [3.63, 3.8) is 0 Å². The van der Waals surface area contributed by atoms with Gasteiger partial charge < -0.3 is 10.2 Å². The largest absolute Gasteiger partial charge is 0.414 e. The minimum atomic E-state index is -4.73. The van der Waals surface area contributed by atoms with E-state index < -0.39 is 33.9 Å². The number of halogens is 3. The topological polar surface area (TPSA) is 79.4 Å². The predicted octanol–water partition coefficient (Wildman–Crippen LogP) is 4.16. The molecule has 4 rings (SSSR count). The summed E-state index contributed by atoms with van der Waals surface area (Å²) in [5.41, 5.74) is 5.38. The molecule has 1 aromatic carbocycles. The number of pyridine rings is 1. The number of benzene rings is 1. The number of alkyl halides is 3. The van der Waals surface area contributed by atoms with Crippen LogP contribution in [0.2, 0.25) is 0 Å². The lowest BCUT2D eigenvalue weighted by Gasteiger charge is -2.33. The first-order chi connectivity index (χ1) is 16.3. The van der Waals surface area contributed by atoms with Gasteiger partial charge in [-0.05, 0) is 73.9 Å². The van der Waals surface area contributed by atoms with Crippen LogP contribution in [0.15, 0.2) is 30.5 Å². The van der Waals surface area contributed by atoms with Crippen molar-refractivity contribution in [3.05, 3.63) is 58.4 Å². The molecular formula is C25H30F3N3O3S. The number of hydrogen-bond donors (Lipinski definition) is 1. The lowest BCUT2D eigenvalue weighted by Crippen LogP contribution is -2.44. The number of fused-ring (bicyclic) bond motifs is 1. The van der Waals surface area contributed by atoms with Crippen LogP contribution in [0, 0.1) is 19.8 Å². The number of rotatable bonds is 5. The molecule has 1 N–H and O–H groups in total. The van der Waals surface area contributed by atoms with E-state index in [9.17, 15) is 26.4 Å². The molecule has 1 aromatic heterocycles. The molecule has 35 heavy (non-hydrogen) atoms. The molecule has 0 spiro atoms.